The minimum absolute atomic E-state index is 0.181. The molecule has 112 valence electrons. The summed E-state index contributed by atoms with van der Waals surface area (Å²) in [5, 5.41) is 6.38. The molecule has 0 spiro atoms. The van der Waals surface area contributed by atoms with Crippen molar-refractivity contribution in [2.45, 2.75) is 45.3 Å². The van der Waals surface area contributed by atoms with Crippen LogP contribution in [0.5, 0.6) is 0 Å². The summed E-state index contributed by atoms with van der Waals surface area (Å²) >= 11 is 0. The summed E-state index contributed by atoms with van der Waals surface area (Å²) in [4.78, 5) is 2.62. The van der Waals surface area contributed by atoms with E-state index in [4.69, 9.17) is 0 Å². The van der Waals surface area contributed by atoms with Crippen LogP contribution in [-0.2, 0) is 6.54 Å². The monoisotopic (exact) mass is 282 g/mol. The Morgan fingerprint density at radius 2 is 1.71 bits per heavy atom. The normalized spacial score (nSPS) is 21.5. The molecule has 0 radical (unpaired) electrons. The number of piperazine rings is 1. The van der Waals surface area contributed by atoms with Crippen LogP contribution in [0, 0.1) is 0 Å². The molecular formula is C19H26N2. The van der Waals surface area contributed by atoms with E-state index in [-0.39, 0.29) is 11.1 Å². The highest BCUT2D eigenvalue weighted by molar-refractivity contribution is 5.85. The van der Waals surface area contributed by atoms with Crippen molar-refractivity contribution < 1.29 is 0 Å². The van der Waals surface area contributed by atoms with Crippen molar-refractivity contribution in [3.05, 3.63) is 48.0 Å². The highest BCUT2D eigenvalue weighted by Gasteiger charge is 2.37. The van der Waals surface area contributed by atoms with Crippen LogP contribution in [0.1, 0.15) is 33.3 Å². The lowest BCUT2D eigenvalue weighted by Gasteiger charge is -2.49. The molecule has 1 saturated heterocycles. The fourth-order valence-corrected chi connectivity index (χ4v) is 3.22. The molecule has 21 heavy (non-hydrogen) atoms. The first-order valence-electron chi connectivity index (χ1n) is 7.84. The predicted molar refractivity (Wildman–Crippen MR) is 90.5 cm³/mol. The van der Waals surface area contributed by atoms with Gasteiger partial charge in [-0.15, -0.1) is 0 Å². The van der Waals surface area contributed by atoms with Crippen LogP contribution in [-0.4, -0.2) is 29.1 Å². The Morgan fingerprint density at radius 3 is 2.52 bits per heavy atom. The van der Waals surface area contributed by atoms with Gasteiger partial charge in [0.05, 0.1) is 0 Å². The molecule has 0 aromatic heterocycles. The molecule has 2 aromatic carbocycles. The Bertz CT molecular complexity index is 638. The summed E-state index contributed by atoms with van der Waals surface area (Å²) < 4.78 is 0. The van der Waals surface area contributed by atoms with Crippen LogP contribution < -0.4 is 5.32 Å². The minimum Gasteiger partial charge on any atom is -0.309 e. The fourth-order valence-electron chi connectivity index (χ4n) is 3.22. The Labute approximate surface area is 128 Å². The summed E-state index contributed by atoms with van der Waals surface area (Å²) in [7, 11) is 0. The minimum atomic E-state index is 0.181. The zero-order valence-corrected chi connectivity index (χ0v) is 13.6. The first-order chi connectivity index (χ1) is 9.87. The predicted octanol–water partition coefficient (Wildman–Crippen LogP) is 3.80. The number of hydrogen-bond donors (Lipinski definition) is 1. The molecule has 2 nitrogen and oxygen atoms in total. The topological polar surface area (TPSA) is 15.3 Å². The number of benzene rings is 2. The van der Waals surface area contributed by atoms with Gasteiger partial charge >= 0.3 is 0 Å². The largest absolute Gasteiger partial charge is 0.309 e. The van der Waals surface area contributed by atoms with Crippen molar-refractivity contribution in [3.8, 4) is 0 Å². The van der Waals surface area contributed by atoms with Gasteiger partial charge in [-0.05, 0) is 44.0 Å². The molecule has 0 atom stereocenters. The quantitative estimate of drug-likeness (QED) is 0.901. The van der Waals surface area contributed by atoms with E-state index in [0.29, 0.717) is 0 Å². The first-order valence-corrected chi connectivity index (χ1v) is 7.84. The molecule has 1 aliphatic heterocycles. The van der Waals surface area contributed by atoms with E-state index in [9.17, 15) is 0 Å². The maximum absolute atomic E-state index is 3.66. The molecule has 0 bridgehead atoms. The van der Waals surface area contributed by atoms with Crippen molar-refractivity contribution in [1.29, 1.82) is 0 Å². The van der Waals surface area contributed by atoms with Crippen LogP contribution >= 0.6 is 0 Å². The number of rotatable bonds is 2. The standard InChI is InChI=1S/C19H26N2/c1-18(2)14-21(19(3,4)13-20-18)12-16-10-7-9-15-8-5-6-11-17(15)16/h5-11,20H,12-14H2,1-4H3. The van der Waals surface area contributed by atoms with Gasteiger partial charge in [0, 0.05) is 30.7 Å². The van der Waals surface area contributed by atoms with E-state index in [1.807, 2.05) is 0 Å². The molecule has 0 amide bonds. The summed E-state index contributed by atoms with van der Waals surface area (Å²) in [5.41, 5.74) is 1.80. The lowest BCUT2D eigenvalue weighted by molar-refractivity contribution is 0.0327. The maximum atomic E-state index is 3.66. The first kappa shape index (κ1) is 14.6. The molecule has 3 rings (SSSR count). The summed E-state index contributed by atoms with van der Waals surface area (Å²) in [6.07, 6.45) is 0. The average molecular weight is 282 g/mol. The van der Waals surface area contributed by atoms with E-state index in [1.54, 1.807) is 0 Å². The van der Waals surface area contributed by atoms with E-state index >= 15 is 0 Å². The number of hydrogen-bond acceptors (Lipinski definition) is 2. The second-order valence-corrected chi connectivity index (χ2v) is 7.54. The second kappa shape index (κ2) is 5.11. The molecule has 1 aliphatic rings. The maximum Gasteiger partial charge on any atom is 0.0282 e. The van der Waals surface area contributed by atoms with Gasteiger partial charge in [0.15, 0.2) is 0 Å². The third-order valence-electron chi connectivity index (χ3n) is 4.68. The summed E-state index contributed by atoms with van der Waals surface area (Å²) in [6, 6.07) is 15.3. The van der Waals surface area contributed by atoms with Gasteiger partial charge in [-0.2, -0.15) is 0 Å². The van der Waals surface area contributed by atoms with Crippen LogP contribution in [0.3, 0.4) is 0 Å². The van der Waals surface area contributed by atoms with Gasteiger partial charge < -0.3 is 5.32 Å². The number of nitrogens with zero attached hydrogens (tertiary/aromatic N) is 1. The Kier molecular flexibility index (Phi) is 3.54. The third kappa shape index (κ3) is 2.97. The van der Waals surface area contributed by atoms with Gasteiger partial charge in [0.25, 0.3) is 0 Å². The van der Waals surface area contributed by atoms with Gasteiger partial charge in [-0.3, -0.25) is 4.90 Å². The molecule has 0 unspecified atom stereocenters. The molecule has 1 fully saturated rings. The fraction of sp³-hybridized carbons (Fsp3) is 0.474. The van der Waals surface area contributed by atoms with Crippen LogP contribution in [0.15, 0.2) is 42.5 Å². The van der Waals surface area contributed by atoms with Crippen LogP contribution in [0.4, 0.5) is 0 Å². The van der Waals surface area contributed by atoms with E-state index in [0.717, 1.165) is 19.6 Å². The van der Waals surface area contributed by atoms with Gasteiger partial charge in [0.1, 0.15) is 0 Å². The highest BCUT2D eigenvalue weighted by atomic mass is 15.3. The van der Waals surface area contributed by atoms with Crippen LogP contribution in [0.2, 0.25) is 0 Å². The van der Waals surface area contributed by atoms with Gasteiger partial charge in [0.2, 0.25) is 0 Å². The molecular weight excluding hydrogens is 256 g/mol. The van der Waals surface area contributed by atoms with Crippen molar-refractivity contribution in [2.24, 2.45) is 0 Å². The average Bonchev–Trinajstić information content (AvgIpc) is 2.44. The van der Waals surface area contributed by atoms with E-state index in [1.165, 1.54) is 16.3 Å². The Balaban J connectivity index is 1.93. The molecule has 1 heterocycles. The van der Waals surface area contributed by atoms with Crippen molar-refractivity contribution in [2.75, 3.05) is 13.1 Å². The van der Waals surface area contributed by atoms with Crippen LogP contribution in [0.25, 0.3) is 10.8 Å². The Hall–Kier alpha value is -1.38. The summed E-state index contributed by atoms with van der Waals surface area (Å²) in [5.74, 6) is 0. The van der Waals surface area contributed by atoms with E-state index < -0.39 is 0 Å². The zero-order valence-electron chi connectivity index (χ0n) is 13.6. The number of fused-ring (bicyclic) bond motifs is 1. The van der Waals surface area contributed by atoms with E-state index in [2.05, 4.69) is 80.4 Å². The smallest absolute Gasteiger partial charge is 0.0282 e. The van der Waals surface area contributed by atoms with Gasteiger partial charge in [-0.25, -0.2) is 0 Å². The zero-order chi connectivity index (χ0) is 15.1. The summed E-state index contributed by atoms with van der Waals surface area (Å²) in [6.45, 7) is 12.4. The molecule has 1 N–H and O–H groups in total. The SMILES string of the molecule is CC1(C)CN(Cc2cccc3ccccc23)C(C)(C)CN1. The lowest BCUT2D eigenvalue weighted by atomic mass is 9.90. The van der Waals surface area contributed by atoms with Crippen molar-refractivity contribution in [3.63, 3.8) is 0 Å². The third-order valence-corrected chi connectivity index (χ3v) is 4.68. The van der Waals surface area contributed by atoms with Gasteiger partial charge in [-0.1, -0.05) is 42.5 Å². The second-order valence-electron chi connectivity index (χ2n) is 7.54. The lowest BCUT2D eigenvalue weighted by Crippen LogP contribution is -2.65. The van der Waals surface area contributed by atoms with Crippen molar-refractivity contribution >= 4 is 10.8 Å². The molecule has 2 heteroatoms. The molecule has 0 aliphatic carbocycles. The number of nitrogens with one attached hydrogen (secondary N) is 1. The molecule has 2 aromatic rings. The highest BCUT2D eigenvalue weighted by Crippen LogP contribution is 2.28. The molecule has 0 saturated carbocycles. The van der Waals surface area contributed by atoms with Crippen molar-refractivity contribution in [1.82, 2.24) is 10.2 Å². The Morgan fingerprint density at radius 1 is 1.00 bits per heavy atom.